The van der Waals surface area contributed by atoms with Gasteiger partial charge in [0.1, 0.15) is 0 Å². The van der Waals surface area contributed by atoms with Gasteiger partial charge in [-0.05, 0) is 32.1 Å². The zero-order valence-corrected chi connectivity index (χ0v) is 9.17. The van der Waals surface area contributed by atoms with Crippen LogP contribution in [0, 0.1) is 11.8 Å². The SMILES string of the molecule is CC1C[C@@H](C(C)C)N(C(C)C)C1. The van der Waals surface area contributed by atoms with Crippen molar-refractivity contribution < 1.29 is 0 Å². The number of rotatable bonds is 2. The van der Waals surface area contributed by atoms with Crippen LogP contribution in [0.2, 0.25) is 0 Å². The Kier molecular flexibility index (Phi) is 3.16. The van der Waals surface area contributed by atoms with E-state index >= 15 is 0 Å². The average Bonchev–Trinajstić information content (AvgIpc) is 2.31. The molecular weight excluding hydrogens is 146 g/mol. The second kappa shape index (κ2) is 3.78. The first-order valence-electron chi connectivity index (χ1n) is 5.28. The zero-order valence-electron chi connectivity index (χ0n) is 9.17. The Labute approximate surface area is 77.1 Å². The van der Waals surface area contributed by atoms with Crippen LogP contribution in [0.1, 0.15) is 41.0 Å². The molecule has 1 aliphatic rings. The lowest BCUT2D eigenvalue weighted by molar-refractivity contribution is 0.164. The second-order valence-electron chi connectivity index (χ2n) is 4.94. The molecule has 0 aromatic carbocycles. The molecular formula is C11H23N. The summed E-state index contributed by atoms with van der Waals surface area (Å²) in [6.07, 6.45) is 1.40. The summed E-state index contributed by atoms with van der Waals surface area (Å²) in [5.74, 6) is 1.72. The fourth-order valence-electron chi connectivity index (χ4n) is 2.37. The van der Waals surface area contributed by atoms with Gasteiger partial charge in [-0.25, -0.2) is 0 Å². The number of hydrogen-bond donors (Lipinski definition) is 0. The van der Waals surface area contributed by atoms with Crippen LogP contribution < -0.4 is 0 Å². The van der Waals surface area contributed by atoms with Crippen LogP contribution >= 0.6 is 0 Å². The summed E-state index contributed by atoms with van der Waals surface area (Å²) in [6.45, 7) is 13.0. The summed E-state index contributed by atoms with van der Waals surface area (Å²) in [7, 11) is 0. The molecule has 1 saturated heterocycles. The highest BCUT2D eigenvalue weighted by Crippen LogP contribution is 2.29. The summed E-state index contributed by atoms with van der Waals surface area (Å²) in [4.78, 5) is 2.66. The van der Waals surface area contributed by atoms with Crippen molar-refractivity contribution in [1.82, 2.24) is 4.90 Å². The van der Waals surface area contributed by atoms with E-state index in [-0.39, 0.29) is 0 Å². The fraction of sp³-hybridized carbons (Fsp3) is 1.00. The summed E-state index contributed by atoms with van der Waals surface area (Å²) in [5, 5.41) is 0. The minimum atomic E-state index is 0.724. The van der Waals surface area contributed by atoms with Gasteiger partial charge >= 0.3 is 0 Å². The van der Waals surface area contributed by atoms with Gasteiger partial charge in [-0.1, -0.05) is 20.8 Å². The van der Waals surface area contributed by atoms with Crippen molar-refractivity contribution in [3.8, 4) is 0 Å². The van der Waals surface area contributed by atoms with E-state index in [1.807, 2.05) is 0 Å². The molecule has 1 nitrogen and oxygen atoms in total. The van der Waals surface area contributed by atoms with Gasteiger partial charge in [0.25, 0.3) is 0 Å². The third kappa shape index (κ3) is 2.01. The van der Waals surface area contributed by atoms with Crippen LogP contribution in [-0.4, -0.2) is 23.5 Å². The molecule has 12 heavy (non-hydrogen) atoms. The molecule has 1 rings (SSSR count). The van der Waals surface area contributed by atoms with Gasteiger partial charge in [0.2, 0.25) is 0 Å². The fourth-order valence-corrected chi connectivity index (χ4v) is 2.37. The first-order valence-corrected chi connectivity index (χ1v) is 5.28. The van der Waals surface area contributed by atoms with Crippen molar-refractivity contribution in [3.05, 3.63) is 0 Å². The maximum Gasteiger partial charge on any atom is 0.0124 e. The lowest BCUT2D eigenvalue weighted by Gasteiger charge is -2.30. The molecule has 0 bridgehead atoms. The van der Waals surface area contributed by atoms with Crippen LogP contribution in [0.3, 0.4) is 0 Å². The molecule has 0 aliphatic carbocycles. The maximum absolute atomic E-state index is 2.66. The van der Waals surface area contributed by atoms with Gasteiger partial charge in [-0.15, -0.1) is 0 Å². The van der Waals surface area contributed by atoms with Crippen LogP contribution in [0.4, 0.5) is 0 Å². The van der Waals surface area contributed by atoms with E-state index in [1.54, 1.807) is 0 Å². The van der Waals surface area contributed by atoms with Crippen LogP contribution in [-0.2, 0) is 0 Å². The van der Waals surface area contributed by atoms with Gasteiger partial charge in [0.05, 0.1) is 0 Å². The van der Waals surface area contributed by atoms with E-state index in [4.69, 9.17) is 0 Å². The molecule has 1 heteroatoms. The molecule has 1 heterocycles. The van der Waals surface area contributed by atoms with E-state index in [9.17, 15) is 0 Å². The van der Waals surface area contributed by atoms with Gasteiger partial charge in [-0.3, -0.25) is 4.90 Å². The first-order chi connectivity index (χ1) is 5.52. The lowest BCUT2D eigenvalue weighted by Crippen LogP contribution is -2.38. The van der Waals surface area contributed by atoms with Crippen molar-refractivity contribution in [1.29, 1.82) is 0 Å². The Hall–Kier alpha value is -0.0400. The molecule has 1 fully saturated rings. The van der Waals surface area contributed by atoms with Crippen LogP contribution in [0.25, 0.3) is 0 Å². The molecule has 0 saturated carbocycles. The number of likely N-dealkylation sites (tertiary alicyclic amines) is 1. The van der Waals surface area contributed by atoms with E-state index in [0.29, 0.717) is 0 Å². The molecule has 72 valence electrons. The molecule has 0 aromatic rings. The highest BCUT2D eigenvalue weighted by atomic mass is 15.2. The molecule has 2 atom stereocenters. The number of nitrogens with zero attached hydrogens (tertiary/aromatic N) is 1. The Balaban J connectivity index is 2.59. The quantitative estimate of drug-likeness (QED) is 0.614. The zero-order chi connectivity index (χ0) is 9.30. The predicted octanol–water partition coefficient (Wildman–Crippen LogP) is 2.76. The predicted molar refractivity (Wildman–Crippen MR) is 54.2 cm³/mol. The Morgan fingerprint density at radius 1 is 1.17 bits per heavy atom. The molecule has 0 N–H and O–H groups in total. The standard InChI is InChI=1S/C11H23N/c1-8(2)11-6-10(5)7-12(11)9(3)4/h8-11H,6-7H2,1-5H3/t10?,11-/m0/s1. The molecule has 0 amide bonds. The topological polar surface area (TPSA) is 3.24 Å². The summed E-state index contributed by atoms with van der Waals surface area (Å²) in [6, 6.07) is 1.56. The highest BCUT2D eigenvalue weighted by molar-refractivity contribution is 4.86. The van der Waals surface area contributed by atoms with E-state index in [0.717, 1.165) is 23.9 Å². The molecule has 0 spiro atoms. The molecule has 0 aromatic heterocycles. The molecule has 1 aliphatic heterocycles. The number of hydrogen-bond acceptors (Lipinski definition) is 1. The molecule has 0 radical (unpaired) electrons. The third-order valence-corrected chi connectivity index (χ3v) is 3.03. The maximum atomic E-state index is 2.66. The second-order valence-corrected chi connectivity index (χ2v) is 4.94. The van der Waals surface area contributed by atoms with Crippen molar-refractivity contribution in [2.24, 2.45) is 11.8 Å². The summed E-state index contributed by atoms with van der Waals surface area (Å²) < 4.78 is 0. The largest absolute Gasteiger partial charge is 0.297 e. The van der Waals surface area contributed by atoms with Gasteiger partial charge in [-0.2, -0.15) is 0 Å². The van der Waals surface area contributed by atoms with Gasteiger partial charge in [0, 0.05) is 18.6 Å². The normalized spacial score (nSPS) is 32.2. The smallest absolute Gasteiger partial charge is 0.0124 e. The highest BCUT2D eigenvalue weighted by Gasteiger charge is 2.32. The minimum Gasteiger partial charge on any atom is -0.297 e. The van der Waals surface area contributed by atoms with Crippen molar-refractivity contribution in [2.45, 2.75) is 53.1 Å². The average molecular weight is 169 g/mol. The van der Waals surface area contributed by atoms with Crippen molar-refractivity contribution in [2.75, 3.05) is 6.54 Å². The Morgan fingerprint density at radius 2 is 1.75 bits per heavy atom. The van der Waals surface area contributed by atoms with Crippen molar-refractivity contribution in [3.63, 3.8) is 0 Å². The third-order valence-electron chi connectivity index (χ3n) is 3.03. The first kappa shape index (κ1) is 10.0. The van der Waals surface area contributed by atoms with Crippen LogP contribution in [0.5, 0.6) is 0 Å². The van der Waals surface area contributed by atoms with E-state index in [1.165, 1.54) is 13.0 Å². The van der Waals surface area contributed by atoms with E-state index in [2.05, 4.69) is 39.5 Å². The van der Waals surface area contributed by atoms with E-state index < -0.39 is 0 Å². The summed E-state index contributed by atoms with van der Waals surface area (Å²) >= 11 is 0. The Morgan fingerprint density at radius 3 is 2.08 bits per heavy atom. The van der Waals surface area contributed by atoms with Crippen LogP contribution in [0.15, 0.2) is 0 Å². The van der Waals surface area contributed by atoms with Crippen molar-refractivity contribution >= 4 is 0 Å². The summed E-state index contributed by atoms with van der Waals surface area (Å²) in [5.41, 5.74) is 0. The molecule has 1 unspecified atom stereocenters. The minimum absolute atomic E-state index is 0.724. The monoisotopic (exact) mass is 169 g/mol. The van der Waals surface area contributed by atoms with Gasteiger partial charge < -0.3 is 0 Å². The van der Waals surface area contributed by atoms with Gasteiger partial charge in [0.15, 0.2) is 0 Å². The Bertz CT molecular complexity index is 124. The lowest BCUT2D eigenvalue weighted by atomic mass is 9.98.